The Balaban J connectivity index is 1.60. The Morgan fingerprint density at radius 1 is 1.33 bits per heavy atom. The number of fused-ring (bicyclic) bond motifs is 1. The van der Waals surface area contributed by atoms with Gasteiger partial charge in [-0.2, -0.15) is 0 Å². The highest BCUT2D eigenvalue weighted by molar-refractivity contribution is 7.99. The summed E-state index contributed by atoms with van der Waals surface area (Å²) in [7, 11) is 0. The zero-order valence-electron chi connectivity index (χ0n) is 14.0. The molecule has 0 radical (unpaired) electrons. The molecule has 1 aromatic carbocycles. The molecule has 126 valence electrons. The number of hydrogen-bond acceptors (Lipinski definition) is 4. The SMILES string of the molecule is Cc1ccc2nc(SCCC(=O)N3CCNC(=O)C3)cc(C)c2c1. The molecule has 1 aliphatic rings. The van der Waals surface area contributed by atoms with Crippen molar-refractivity contribution < 1.29 is 9.59 Å². The molecule has 0 atom stereocenters. The summed E-state index contributed by atoms with van der Waals surface area (Å²) in [6, 6.07) is 8.33. The van der Waals surface area contributed by atoms with Gasteiger partial charge in [0.1, 0.15) is 0 Å². The number of thioether (sulfide) groups is 1. The van der Waals surface area contributed by atoms with Crippen LogP contribution in [0.4, 0.5) is 0 Å². The molecule has 0 spiro atoms. The average Bonchev–Trinajstić information content (AvgIpc) is 2.55. The molecule has 0 bridgehead atoms. The zero-order valence-corrected chi connectivity index (χ0v) is 14.8. The summed E-state index contributed by atoms with van der Waals surface area (Å²) in [6.45, 7) is 5.49. The first kappa shape index (κ1) is 16.8. The van der Waals surface area contributed by atoms with Gasteiger partial charge in [0.25, 0.3) is 0 Å². The van der Waals surface area contributed by atoms with Crippen molar-refractivity contribution in [1.29, 1.82) is 0 Å². The van der Waals surface area contributed by atoms with E-state index in [0.29, 0.717) is 25.3 Å². The summed E-state index contributed by atoms with van der Waals surface area (Å²) < 4.78 is 0. The van der Waals surface area contributed by atoms with Crippen molar-refractivity contribution >= 4 is 34.5 Å². The molecule has 6 heteroatoms. The molecule has 24 heavy (non-hydrogen) atoms. The van der Waals surface area contributed by atoms with E-state index in [1.54, 1.807) is 16.7 Å². The van der Waals surface area contributed by atoms with Crippen LogP contribution >= 0.6 is 11.8 Å². The summed E-state index contributed by atoms with van der Waals surface area (Å²) in [5, 5.41) is 4.84. The van der Waals surface area contributed by atoms with E-state index in [-0.39, 0.29) is 18.4 Å². The quantitative estimate of drug-likeness (QED) is 0.865. The maximum absolute atomic E-state index is 12.2. The van der Waals surface area contributed by atoms with Gasteiger partial charge in [0.15, 0.2) is 0 Å². The number of carbonyl (C=O) groups excluding carboxylic acids is 2. The number of amides is 2. The minimum absolute atomic E-state index is 0.0329. The van der Waals surface area contributed by atoms with E-state index in [0.717, 1.165) is 10.5 Å². The second-order valence-corrected chi connectivity index (χ2v) is 7.18. The highest BCUT2D eigenvalue weighted by atomic mass is 32.2. The summed E-state index contributed by atoms with van der Waals surface area (Å²) in [6.07, 6.45) is 0.421. The van der Waals surface area contributed by atoms with Crippen molar-refractivity contribution in [2.45, 2.75) is 25.3 Å². The van der Waals surface area contributed by atoms with Crippen LogP contribution in [0.3, 0.4) is 0 Å². The van der Waals surface area contributed by atoms with Crippen molar-refractivity contribution in [3.8, 4) is 0 Å². The summed E-state index contributed by atoms with van der Waals surface area (Å²) in [5.74, 6) is 0.621. The number of piperazine rings is 1. The van der Waals surface area contributed by atoms with Gasteiger partial charge in [-0.05, 0) is 37.6 Å². The van der Waals surface area contributed by atoms with Crippen LogP contribution in [0.1, 0.15) is 17.5 Å². The monoisotopic (exact) mass is 343 g/mol. The van der Waals surface area contributed by atoms with Crippen molar-refractivity contribution in [2.24, 2.45) is 0 Å². The van der Waals surface area contributed by atoms with Gasteiger partial charge in [-0.15, -0.1) is 11.8 Å². The first-order valence-corrected chi connectivity index (χ1v) is 9.07. The smallest absolute Gasteiger partial charge is 0.239 e. The molecule has 5 nitrogen and oxygen atoms in total. The largest absolute Gasteiger partial charge is 0.353 e. The molecule has 1 aliphatic heterocycles. The number of carbonyl (C=O) groups is 2. The highest BCUT2D eigenvalue weighted by Gasteiger charge is 2.20. The third-order valence-corrected chi connectivity index (χ3v) is 5.02. The standard InChI is InChI=1S/C18H21N3O2S/c1-12-3-4-15-14(9-12)13(2)10-17(20-15)24-8-5-18(23)21-7-6-19-16(22)11-21/h3-4,9-10H,5-8,11H2,1-2H3,(H,19,22). The number of nitrogens with one attached hydrogen (secondary N) is 1. The van der Waals surface area contributed by atoms with E-state index in [4.69, 9.17) is 0 Å². The number of nitrogens with zero attached hydrogens (tertiary/aromatic N) is 2. The molecule has 0 aliphatic carbocycles. The van der Waals surface area contributed by atoms with E-state index in [9.17, 15) is 9.59 Å². The number of aromatic nitrogens is 1. The van der Waals surface area contributed by atoms with Crippen molar-refractivity contribution in [2.75, 3.05) is 25.4 Å². The molecule has 0 unspecified atom stereocenters. The molecular weight excluding hydrogens is 322 g/mol. The minimum Gasteiger partial charge on any atom is -0.353 e. The lowest BCUT2D eigenvalue weighted by atomic mass is 10.1. The van der Waals surface area contributed by atoms with Gasteiger partial charge in [-0.1, -0.05) is 11.6 Å². The number of benzene rings is 1. The Morgan fingerprint density at radius 2 is 2.17 bits per heavy atom. The Hall–Kier alpha value is -2.08. The van der Waals surface area contributed by atoms with Gasteiger partial charge >= 0.3 is 0 Å². The normalized spacial score (nSPS) is 14.8. The number of rotatable bonds is 4. The summed E-state index contributed by atoms with van der Waals surface area (Å²) in [4.78, 5) is 29.8. The first-order chi connectivity index (χ1) is 11.5. The molecule has 1 aromatic heterocycles. The lowest BCUT2D eigenvalue weighted by molar-refractivity contribution is -0.137. The maximum atomic E-state index is 12.2. The molecule has 1 saturated heterocycles. The molecule has 3 rings (SSSR count). The predicted molar refractivity (Wildman–Crippen MR) is 96.1 cm³/mol. The fourth-order valence-corrected chi connectivity index (χ4v) is 3.71. The molecule has 1 fully saturated rings. The zero-order chi connectivity index (χ0) is 17.1. The first-order valence-electron chi connectivity index (χ1n) is 8.08. The van der Waals surface area contributed by atoms with Crippen LogP contribution in [-0.2, 0) is 9.59 Å². The van der Waals surface area contributed by atoms with Crippen molar-refractivity contribution in [3.63, 3.8) is 0 Å². The fourth-order valence-electron chi connectivity index (χ4n) is 2.80. The van der Waals surface area contributed by atoms with Crippen LogP contribution in [0.15, 0.2) is 29.3 Å². The van der Waals surface area contributed by atoms with E-state index < -0.39 is 0 Å². The van der Waals surface area contributed by atoms with Gasteiger partial charge in [0, 0.05) is 30.6 Å². The van der Waals surface area contributed by atoms with E-state index in [1.807, 2.05) is 6.07 Å². The lowest BCUT2D eigenvalue weighted by Crippen LogP contribution is -2.50. The second-order valence-electron chi connectivity index (χ2n) is 6.06. The molecule has 2 heterocycles. The van der Waals surface area contributed by atoms with Gasteiger partial charge in [-0.3, -0.25) is 9.59 Å². The van der Waals surface area contributed by atoms with Gasteiger partial charge < -0.3 is 10.2 Å². The van der Waals surface area contributed by atoms with Crippen LogP contribution in [0, 0.1) is 13.8 Å². The fraction of sp³-hybridized carbons (Fsp3) is 0.389. The molecular formula is C18H21N3O2S. The Labute approximate surface area is 145 Å². The van der Waals surface area contributed by atoms with Crippen molar-refractivity contribution in [3.05, 3.63) is 35.4 Å². The lowest BCUT2D eigenvalue weighted by Gasteiger charge is -2.26. The molecule has 2 amide bonds. The third kappa shape index (κ3) is 3.87. The minimum atomic E-state index is -0.0793. The highest BCUT2D eigenvalue weighted by Crippen LogP contribution is 2.25. The van der Waals surface area contributed by atoms with E-state index in [1.165, 1.54) is 16.5 Å². The number of pyridine rings is 1. The van der Waals surface area contributed by atoms with Gasteiger partial charge in [0.2, 0.25) is 11.8 Å². The average molecular weight is 343 g/mol. The predicted octanol–water partition coefficient (Wildman–Crippen LogP) is 2.29. The maximum Gasteiger partial charge on any atom is 0.239 e. The Kier molecular flexibility index (Phi) is 5.04. The second kappa shape index (κ2) is 7.21. The number of aryl methyl sites for hydroxylation is 2. The van der Waals surface area contributed by atoms with Crippen LogP contribution in [0.2, 0.25) is 0 Å². The number of hydrogen-bond donors (Lipinski definition) is 1. The van der Waals surface area contributed by atoms with Crippen LogP contribution < -0.4 is 5.32 Å². The molecule has 1 N–H and O–H groups in total. The molecule has 2 aromatic rings. The topological polar surface area (TPSA) is 62.3 Å². The van der Waals surface area contributed by atoms with Gasteiger partial charge in [-0.25, -0.2) is 4.98 Å². The van der Waals surface area contributed by atoms with Crippen LogP contribution in [-0.4, -0.2) is 47.1 Å². The molecule has 0 saturated carbocycles. The summed E-state index contributed by atoms with van der Waals surface area (Å²) >= 11 is 1.59. The van der Waals surface area contributed by atoms with Gasteiger partial charge in [0.05, 0.1) is 17.1 Å². The third-order valence-electron chi connectivity index (χ3n) is 4.10. The Morgan fingerprint density at radius 3 is 2.96 bits per heavy atom. The van der Waals surface area contributed by atoms with Crippen LogP contribution in [0.5, 0.6) is 0 Å². The van der Waals surface area contributed by atoms with E-state index in [2.05, 4.69) is 42.3 Å². The summed E-state index contributed by atoms with van der Waals surface area (Å²) in [5.41, 5.74) is 3.41. The Bertz CT molecular complexity index is 791. The van der Waals surface area contributed by atoms with Crippen molar-refractivity contribution in [1.82, 2.24) is 15.2 Å². The van der Waals surface area contributed by atoms with Crippen LogP contribution in [0.25, 0.3) is 10.9 Å². The van der Waals surface area contributed by atoms with E-state index >= 15 is 0 Å².